The van der Waals surface area contributed by atoms with Gasteiger partial charge in [-0.05, 0) is 43.2 Å². The van der Waals surface area contributed by atoms with Crippen molar-refractivity contribution in [3.63, 3.8) is 0 Å². The molecule has 1 aromatic rings. The zero-order chi connectivity index (χ0) is 11.9. The molecule has 0 heterocycles. The van der Waals surface area contributed by atoms with Crippen LogP contribution in [0.15, 0.2) is 54.6 Å². The molecule has 0 saturated heterocycles. The highest BCUT2D eigenvalue weighted by molar-refractivity contribution is 5.23. The van der Waals surface area contributed by atoms with Crippen molar-refractivity contribution in [3.8, 4) is 0 Å². The molecule has 17 heavy (non-hydrogen) atoms. The summed E-state index contributed by atoms with van der Waals surface area (Å²) >= 11 is 0. The lowest BCUT2D eigenvalue weighted by Crippen LogP contribution is -2.15. The van der Waals surface area contributed by atoms with Gasteiger partial charge in [0, 0.05) is 0 Å². The maximum absolute atomic E-state index is 5.77. The normalized spacial score (nSPS) is 21.1. The number of hydrogen-bond donors (Lipinski definition) is 1. The smallest absolute Gasteiger partial charge is 0.00712 e. The first-order valence-corrected chi connectivity index (χ1v) is 6.50. The highest BCUT2D eigenvalue weighted by Gasteiger charge is 2.20. The third-order valence-corrected chi connectivity index (χ3v) is 3.49. The second-order valence-corrected chi connectivity index (χ2v) is 4.65. The first-order chi connectivity index (χ1) is 8.42. The van der Waals surface area contributed by atoms with Crippen LogP contribution in [0.5, 0.6) is 0 Å². The summed E-state index contributed by atoms with van der Waals surface area (Å²) in [6, 6.07) is 10.8. The van der Waals surface area contributed by atoms with Gasteiger partial charge in [0.25, 0.3) is 0 Å². The average Bonchev–Trinajstić information content (AvgIpc) is 2.66. The van der Waals surface area contributed by atoms with E-state index in [0.717, 1.165) is 13.0 Å². The van der Waals surface area contributed by atoms with Crippen molar-refractivity contribution in [2.45, 2.75) is 25.2 Å². The summed E-state index contributed by atoms with van der Waals surface area (Å²) in [7, 11) is 0. The molecule has 2 atom stereocenters. The summed E-state index contributed by atoms with van der Waals surface area (Å²) < 4.78 is 0. The molecule has 0 spiro atoms. The summed E-state index contributed by atoms with van der Waals surface area (Å²) in [5.74, 6) is 1.19. The van der Waals surface area contributed by atoms with E-state index in [0.29, 0.717) is 11.8 Å². The Kier molecular flexibility index (Phi) is 4.57. The lowest BCUT2D eigenvalue weighted by molar-refractivity contribution is 0.457. The van der Waals surface area contributed by atoms with E-state index in [4.69, 9.17) is 5.73 Å². The van der Waals surface area contributed by atoms with E-state index in [1.165, 1.54) is 18.4 Å². The number of rotatable bonds is 4. The molecule has 2 N–H and O–H groups in total. The maximum Gasteiger partial charge on any atom is -0.00712 e. The fraction of sp³-hybridized carbons (Fsp3) is 0.375. The van der Waals surface area contributed by atoms with Gasteiger partial charge < -0.3 is 5.73 Å². The summed E-state index contributed by atoms with van der Waals surface area (Å²) in [4.78, 5) is 0. The molecule has 90 valence electrons. The third-order valence-electron chi connectivity index (χ3n) is 3.49. The van der Waals surface area contributed by atoms with E-state index in [9.17, 15) is 0 Å². The highest BCUT2D eigenvalue weighted by Crippen LogP contribution is 2.32. The van der Waals surface area contributed by atoms with Crippen molar-refractivity contribution in [3.05, 3.63) is 60.2 Å². The van der Waals surface area contributed by atoms with Gasteiger partial charge in [0.15, 0.2) is 0 Å². The van der Waals surface area contributed by atoms with Crippen molar-refractivity contribution in [1.82, 2.24) is 0 Å². The molecule has 0 fully saturated rings. The Morgan fingerprint density at radius 2 is 2.00 bits per heavy atom. The van der Waals surface area contributed by atoms with Gasteiger partial charge in [-0.2, -0.15) is 0 Å². The van der Waals surface area contributed by atoms with Gasteiger partial charge in [-0.25, -0.2) is 0 Å². The quantitative estimate of drug-likeness (QED) is 0.835. The minimum absolute atomic E-state index is 0.567. The van der Waals surface area contributed by atoms with Gasteiger partial charge in [-0.3, -0.25) is 0 Å². The van der Waals surface area contributed by atoms with Crippen LogP contribution in [0.4, 0.5) is 0 Å². The molecule has 1 aliphatic rings. The second kappa shape index (κ2) is 6.41. The van der Waals surface area contributed by atoms with Crippen LogP contribution in [0, 0.1) is 5.92 Å². The molecule has 0 amide bonds. The summed E-state index contributed by atoms with van der Waals surface area (Å²) in [6.07, 6.45) is 12.4. The molecular formula is C16H21N. The van der Waals surface area contributed by atoms with E-state index in [2.05, 4.69) is 54.6 Å². The van der Waals surface area contributed by atoms with Crippen LogP contribution in [0.1, 0.15) is 30.7 Å². The number of hydrogen-bond acceptors (Lipinski definition) is 1. The predicted octanol–water partition coefficient (Wildman–Crippen LogP) is 3.64. The van der Waals surface area contributed by atoms with Crippen molar-refractivity contribution in [2.75, 3.05) is 6.54 Å². The topological polar surface area (TPSA) is 26.0 Å². The minimum atomic E-state index is 0.567. The summed E-state index contributed by atoms with van der Waals surface area (Å²) in [6.45, 7) is 0.761. The molecule has 2 rings (SSSR count). The molecule has 0 aliphatic heterocycles. The van der Waals surface area contributed by atoms with E-state index >= 15 is 0 Å². The Morgan fingerprint density at radius 1 is 1.18 bits per heavy atom. The maximum atomic E-state index is 5.77. The third kappa shape index (κ3) is 3.31. The zero-order valence-corrected chi connectivity index (χ0v) is 10.3. The minimum Gasteiger partial charge on any atom is -0.330 e. The van der Waals surface area contributed by atoms with E-state index < -0.39 is 0 Å². The average molecular weight is 227 g/mol. The molecule has 0 bridgehead atoms. The first-order valence-electron chi connectivity index (χ1n) is 6.50. The van der Waals surface area contributed by atoms with Gasteiger partial charge in [0.05, 0.1) is 0 Å². The van der Waals surface area contributed by atoms with E-state index in [1.54, 1.807) is 0 Å². The number of nitrogens with two attached hydrogens (primary N) is 1. The second-order valence-electron chi connectivity index (χ2n) is 4.65. The molecule has 0 radical (unpaired) electrons. The monoisotopic (exact) mass is 227 g/mol. The van der Waals surface area contributed by atoms with Gasteiger partial charge >= 0.3 is 0 Å². The lowest BCUT2D eigenvalue weighted by atomic mass is 9.81. The Bertz CT molecular complexity index is 378. The molecule has 2 unspecified atom stereocenters. The van der Waals surface area contributed by atoms with Crippen LogP contribution in [0.25, 0.3) is 0 Å². The Balaban J connectivity index is 2.17. The summed E-state index contributed by atoms with van der Waals surface area (Å²) in [5.41, 5.74) is 7.20. The molecule has 1 aromatic carbocycles. The molecule has 0 saturated carbocycles. The molecule has 1 aliphatic carbocycles. The first kappa shape index (κ1) is 12.1. The van der Waals surface area contributed by atoms with Crippen LogP contribution < -0.4 is 5.73 Å². The lowest BCUT2D eigenvalue weighted by Gasteiger charge is -2.24. The van der Waals surface area contributed by atoms with Crippen molar-refractivity contribution in [2.24, 2.45) is 11.7 Å². The SMILES string of the molecule is NCCC(c1ccccc1)C1C=CC=CCC1. The number of allylic oxidation sites excluding steroid dienone is 4. The number of benzene rings is 1. The fourth-order valence-electron chi connectivity index (χ4n) is 2.61. The van der Waals surface area contributed by atoms with Crippen molar-refractivity contribution >= 4 is 0 Å². The van der Waals surface area contributed by atoms with Crippen LogP contribution in [-0.2, 0) is 0 Å². The van der Waals surface area contributed by atoms with Gasteiger partial charge in [-0.1, -0.05) is 54.6 Å². The Labute approximate surface area is 104 Å². The Hall–Kier alpha value is -1.34. The van der Waals surface area contributed by atoms with Crippen LogP contribution in [-0.4, -0.2) is 6.54 Å². The standard InChI is InChI=1S/C16H21N/c17-13-12-16(15-10-6-3-7-11-15)14-8-4-1-2-5-9-14/h1-4,6-8,10-11,14,16H,5,9,12-13,17H2. The van der Waals surface area contributed by atoms with Crippen LogP contribution in [0.3, 0.4) is 0 Å². The largest absolute Gasteiger partial charge is 0.330 e. The molecule has 0 aromatic heterocycles. The fourth-order valence-corrected chi connectivity index (χ4v) is 2.61. The van der Waals surface area contributed by atoms with Gasteiger partial charge in [0.1, 0.15) is 0 Å². The Morgan fingerprint density at radius 3 is 2.76 bits per heavy atom. The van der Waals surface area contributed by atoms with Crippen LogP contribution >= 0.6 is 0 Å². The van der Waals surface area contributed by atoms with E-state index in [-0.39, 0.29) is 0 Å². The predicted molar refractivity (Wildman–Crippen MR) is 73.9 cm³/mol. The highest BCUT2D eigenvalue weighted by atomic mass is 14.5. The van der Waals surface area contributed by atoms with Gasteiger partial charge in [-0.15, -0.1) is 0 Å². The van der Waals surface area contributed by atoms with Crippen molar-refractivity contribution in [1.29, 1.82) is 0 Å². The molecule has 1 heteroatoms. The van der Waals surface area contributed by atoms with Gasteiger partial charge in [0.2, 0.25) is 0 Å². The molecular weight excluding hydrogens is 206 g/mol. The van der Waals surface area contributed by atoms with Crippen LogP contribution in [0.2, 0.25) is 0 Å². The zero-order valence-electron chi connectivity index (χ0n) is 10.3. The molecule has 1 nitrogen and oxygen atoms in total. The van der Waals surface area contributed by atoms with E-state index in [1.807, 2.05) is 0 Å². The summed E-state index contributed by atoms with van der Waals surface area (Å²) in [5, 5.41) is 0. The van der Waals surface area contributed by atoms with Crippen molar-refractivity contribution < 1.29 is 0 Å².